The van der Waals surface area contributed by atoms with Gasteiger partial charge in [-0.05, 0) is 62.0 Å². The molecule has 1 aromatic rings. The van der Waals surface area contributed by atoms with E-state index in [1.165, 1.54) is 0 Å². The van der Waals surface area contributed by atoms with Crippen LogP contribution in [0.15, 0.2) is 12.4 Å². The van der Waals surface area contributed by atoms with Crippen molar-refractivity contribution >= 4 is 5.91 Å². The molecule has 0 spiro atoms. The number of rotatable bonds is 1. The van der Waals surface area contributed by atoms with Crippen LogP contribution >= 0.6 is 0 Å². The molecule has 1 saturated heterocycles. The van der Waals surface area contributed by atoms with Crippen molar-refractivity contribution in [3.8, 4) is 6.07 Å². The van der Waals surface area contributed by atoms with Crippen LogP contribution in [0.3, 0.4) is 0 Å². The molecule has 0 radical (unpaired) electrons. The average molecular weight is 375 g/mol. The van der Waals surface area contributed by atoms with Gasteiger partial charge in [0.1, 0.15) is 6.07 Å². The molecule has 7 heteroatoms. The molecule has 2 atom stereocenters. The summed E-state index contributed by atoms with van der Waals surface area (Å²) in [4.78, 5) is 19.4. The maximum Gasteiger partial charge on any atom is 0.394 e. The SMILES string of the molecule is N#Cc1cncc2c1C[C@H]1C[C@@H]2N(C(=O)C23CCC(C(F)(F)F)(CC2)C3)C1. The van der Waals surface area contributed by atoms with E-state index in [-0.39, 0.29) is 37.1 Å². The highest BCUT2D eigenvalue weighted by Gasteiger charge is 2.69. The van der Waals surface area contributed by atoms with Gasteiger partial charge in [-0.25, -0.2) is 0 Å². The Balaban J connectivity index is 1.47. The number of amides is 1. The molecule has 3 fully saturated rings. The third-order valence-electron chi connectivity index (χ3n) is 7.61. The van der Waals surface area contributed by atoms with Crippen LogP contribution in [0, 0.1) is 28.1 Å². The summed E-state index contributed by atoms with van der Waals surface area (Å²) in [6.45, 7) is 0.573. The number of fused-ring (bicyclic) bond motifs is 6. The van der Waals surface area contributed by atoms with Gasteiger partial charge in [0.15, 0.2) is 0 Å². The third kappa shape index (κ3) is 2.16. The molecular weight excluding hydrogens is 355 g/mol. The van der Waals surface area contributed by atoms with Gasteiger partial charge in [-0.2, -0.15) is 18.4 Å². The highest BCUT2D eigenvalue weighted by Crippen LogP contribution is 2.68. The monoisotopic (exact) mass is 375 g/mol. The molecular formula is C20H20F3N3O. The summed E-state index contributed by atoms with van der Waals surface area (Å²) >= 11 is 0. The first-order valence-electron chi connectivity index (χ1n) is 9.53. The summed E-state index contributed by atoms with van der Waals surface area (Å²) < 4.78 is 40.8. The second-order valence-corrected chi connectivity index (χ2v) is 8.88. The molecule has 2 saturated carbocycles. The Hall–Kier alpha value is -2.10. The molecule has 1 aliphatic heterocycles. The Morgan fingerprint density at radius 1 is 1.26 bits per heavy atom. The number of likely N-dealkylation sites (tertiary alicyclic amines) is 1. The van der Waals surface area contributed by atoms with Gasteiger partial charge in [0.05, 0.1) is 22.4 Å². The lowest BCUT2D eigenvalue weighted by atomic mass is 9.80. The Labute approximate surface area is 155 Å². The molecule has 2 heterocycles. The van der Waals surface area contributed by atoms with Crippen molar-refractivity contribution in [1.82, 2.24) is 9.88 Å². The van der Waals surface area contributed by atoms with Crippen molar-refractivity contribution in [1.29, 1.82) is 5.26 Å². The fraction of sp³-hybridized carbons (Fsp3) is 0.650. The van der Waals surface area contributed by atoms with Gasteiger partial charge in [-0.3, -0.25) is 9.78 Å². The molecule has 0 N–H and O–H groups in total. The van der Waals surface area contributed by atoms with Crippen molar-refractivity contribution in [2.24, 2.45) is 16.7 Å². The smallest absolute Gasteiger partial charge is 0.335 e. The first-order chi connectivity index (χ1) is 12.8. The van der Waals surface area contributed by atoms with Crippen molar-refractivity contribution in [3.63, 3.8) is 0 Å². The molecule has 0 unspecified atom stereocenters. The topological polar surface area (TPSA) is 57.0 Å². The Morgan fingerprint density at radius 3 is 2.63 bits per heavy atom. The number of aromatic nitrogens is 1. The number of nitrogens with zero attached hydrogens (tertiary/aromatic N) is 3. The first kappa shape index (κ1) is 17.0. The zero-order valence-corrected chi connectivity index (χ0v) is 14.9. The third-order valence-corrected chi connectivity index (χ3v) is 7.61. The molecule has 142 valence electrons. The number of carbonyl (C=O) groups is 1. The lowest BCUT2D eigenvalue weighted by Gasteiger charge is -2.34. The van der Waals surface area contributed by atoms with Crippen LogP contribution < -0.4 is 0 Å². The zero-order chi connectivity index (χ0) is 19.0. The molecule has 4 nitrogen and oxygen atoms in total. The van der Waals surface area contributed by atoms with E-state index in [0.29, 0.717) is 24.9 Å². The van der Waals surface area contributed by atoms with E-state index in [9.17, 15) is 23.2 Å². The highest BCUT2D eigenvalue weighted by molar-refractivity contribution is 5.85. The fourth-order valence-corrected chi connectivity index (χ4v) is 6.18. The van der Waals surface area contributed by atoms with Gasteiger partial charge < -0.3 is 4.90 Å². The van der Waals surface area contributed by atoms with Crippen LogP contribution in [-0.2, 0) is 11.2 Å². The van der Waals surface area contributed by atoms with E-state index < -0.39 is 17.0 Å². The number of halogens is 3. The molecule has 3 aliphatic carbocycles. The Morgan fingerprint density at radius 2 is 2.00 bits per heavy atom. The average Bonchev–Trinajstić information content (AvgIpc) is 3.32. The van der Waals surface area contributed by atoms with E-state index in [0.717, 1.165) is 24.0 Å². The molecule has 1 aromatic heterocycles. The maximum atomic E-state index is 13.6. The molecule has 0 aromatic carbocycles. The minimum Gasteiger partial charge on any atom is -0.335 e. The largest absolute Gasteiger partial charge is 0.394 e. The van der Waals surface area contributed by atoms with Crippen molar-refractivity contribution in [2.75, 3.05) is 6.54 Å². The van der Waals surface area contributed by atoms with Crippen LogP contribution in [-0.4, -0.2) is 28.5 Å². The fourth-order valence-electron chi connectivity index (χ4n) is 6.18. The Bertz CT molecular complexity index is 864. The minimum atomic E-state index is -4.23. The summed E-state index contributed by atoms with van der Waals surface area (Å²) in [6.07, 6.45) is 1.36. The summed E-state index contributed by atoms with van der Waals surface area (Å²) in [5.74, 6) is 0.168. The van der Waals surface area contributed by atoms with Crippen LogP contribution in [0.4, 0.5) is 13.2 Å². The predicted molar refractivity (Wildman–Crippen MR) is 89.2 cm³/mol. The van der Waals surface area contributed by atoms with Crippen LogP contribution in [0.1, 0.15) is 61.3 Å². The van der Waals surface area contributed by atoms with Crippen LogP contribution in [0.5, 0.6) is 0 Å². The standard InChI is InChI=1S/C20H20F3N3O/c21-20(22,23)19-3-1-18(11-19,2-4-19)17(27)26-10-12-5-14-13(7-24)8-25-9-15(14)16(26)6-12/h8-9,12,16H,1-6,10-11H2/t12-,16-,18?,19?/m0/s1. The Kier molecular flexibility index (Phi) is 3.31. The van der Waals surface area contributed by atoms with Gasteiger partial charge in [-0.1, -0.05) is 0 Å². The molecule has 1 amide bonds. The van der Waals surface area contributed by atoms with Crippen molar-refractivity contribution < 1.29 is 18.0 Å². The number of alkyl halides is 3. The van der Waals surface area contributed by atoms with E-state index >= 15 is 0 Å². The molecule has 4 aliphatic rings. The minimum absolute atomic E-state index is 0.0560. The summed E-state index contributed by atoms with van der Waals surface area (Å²) in [6, 6.07) is 2.03. The number of pyridine rings is 1. The highest BCUT2D eigenvalue weighted by atomic mass is 19.4. The summed E-state index contributed by atoms with van der Waals surface area (Å²) in [5, 5.41) is 9.35. The van der Waals surface area contributed by atoms with E-state index in [4.69, 9.17) is 0 Å². The zero-order valence-electron chi connectivity index (χ0n) is 14.9. The number of nitriles is 1. The predicted octanol–water partition coefficient (Wildman–Crippen LogP) is 3.91. The van der Waals surface area contributed by atoms with Crippen molar-refractivity contribution in [2.45, 2.75) is 57.2 Å². The molecule has 27 heavy (non-hydrogen) atoms. The maximum absolute atomic E-state index is 13.6. The first-order valence-corrected chi connectivity index (χ1v) is 9.53. The van der Waals surface area contributed by atoms with E-state index in [1.807, 2.05) is 4.90 Å². The quantitative estimate of drug-likeness (QED) is 0.748. The van der Waals surface area contributed by atoms with Crippen molar-refractivity contribution in [3.05, 3.63) is 29.1 Å². The second kappa shape index (κ2) is 5.24. The van der Waals surface area contributed by atoms with Crippen LogP contribution in [0.25, 0.3) is 0 Å². The molecule has 4 bridgehead atoms. The number of carbonyl (C=O) groups excluding carboxylic acids is 1. The molecule has 5 rings (SSSR count). The van der Waals surface area contributed by atoms with Gasteiger partial charge in [0.2, 0.25) is 5.91 Å². The second-order valence-electron chi connectivity index (χ2n) is 8.88. The number of hydrogen-bond donors (Lipinski definition) is 0. The lowest BCUT2D eigenvalue weighted by Crippen LogP contribution is -2.41. The van der Waals surface area contributed by atoms with Gasteiger partial charge in [0, 0.05) is 18.9 Å². The lowest BCUT2D eigenvalue weighted by molar-refractivity contribution is -0.220. The van der Waals surface area contributed by atoms with Gasteiger partial charge in [0.25, 0.3) is 0 Å². The van der Waals surface area contributed by atoms with Crippen LogP contribution in [0.2, 0.25) is 0 Å². The summed E-state index contributed by atoms with van der Waals surface area (Å²) in [5.41, 5.74) is -0.0969. The van der Waals surface area contributed by atoms with Gasteiger partial charge in [-0.15, -0.1) is 0 Å². The van der Waals surface area contributed by atoms with Gasteiger partial charge >= 0.3 is 6.18 Å². The summed E-state index contributed by atoms with van der Waals surface area (Å²) in [7, 11) is 0. The van der Waals surface area contributed by atoms with E-state index in [1.54, 1.807) is 12.4 Å². The van der Waals surface area contributed by atoms with E-state index in [2.05, 4.69) is 11.1 Å². The number of hydrogen-bond acceptors (Lipinski definition) is 3. The normalized spacial score (nSPS) is 36.6.